The van der Waals surface area contributed by atoms with E-state index >= 15 is 0 Å². The van der Waals surface area contributed by atoms with Gasteiger partial charge in [0, 0.05) is 11.6 Å². The fraction of sp³-hybridized carbons (Fsp3) is 0.556. The van der Waals surface area contributed by atoms with Crippen LogP contribution in [0.5, 0.6) is 0 Å². The van der Waals surface area contributed by atoms with Crippen LogP contribution < -0.4 is 0 Å². The highest BCUT2D eigenvalue weighted by atomic mass is 19.3. The summed E-state index contributed by atoms with van der Waals surface area (Å²) in [4.78, 5) is 10.5. The lowest BCUT2D eigenvalue weighted by Gasteiger charge is -2.01. The number of halogens is 2. The molecule has 0 aliphatic heterocycles. The third-order valence-corrected chi connectivity index (χ3v) is 2.33. The summed E-state index contributed by atoms with van der Waals surface area (Å²) in [6, 6.07) is 1.31. The van der Waals surface area contributed by atoms with Crippen LogP contribution in [-0.2, 0) is 11.3 Å². The Balaban J connectivity index is 2.28. The van der Waals surface area contributed by atoms with Gasteiger partial charge in [-0.2, -0.15) is 5.10 Å². The van der Waals surface area contributed by atoms with Gasteiger partial charge in [-0.15, -0.1) is 0 Å². The molecule has 1 aromatic heterocycles. The Bertz CT molecular complexity index is 385. The Morgan fingerprint density at radius 1 is 1.67 bits per heavy atom. The number of carboxylic acid groups (broad SMARTS) is 1. The van der Waals surface area contributed by atoms with Gasteiger partial charge in [0.15, 0.2) is 0 Å². The van der Waals surface area contributed by atoms with Crippen LogP contribution in [0, 0.1) is 0 Å². The monoisotopic (exact) mass is 216 g/mol. The molecule has 0 bridgehead atoms. The van der Waals surface area contributed by atoms with Crippen LogP contribution in [0.15, 0.2) is 6.07 Å². The van der Waals surface area contributed by atoms with Crippen molar-refractivity contribution in [3.63, 3.8) is 0 Å². The average molecular weight is 216 g/mol. The Labute approximate surface area is 84.5 Å². The van der Waals surface area contributed by atoms with Crippen molar-refractivity contribution in [1.29, 1.82) is 0 Å². The molecule has 2 rings (SSSR count). The van der Waals surface area contributed by atoms with Crippen LogP contribution in [0.3, 0.4) is 0 Å². The number of rotatable bonds is 4. The third kappa shape index (κ3) is 2.14. The fourth-order valence-electron chi connectivity index (χ4n) is 1.52. The van der Waals surface area contributed by atoms with Crippen LogP contribution in [-0.4, -0.2) is 20.9 Å². The Kier molecular flexibility index (Phi) is 2.42. The molecule has 0 unspecified atom stereocenters. The van der Waals surface area contributed by atoms with Crippen LogP contribution in [0.25, 0.3) is 0 Å². The molecule has 1 aliphatic carbocycles. The molecule has 4 nitrogen and oxygen atoms in total. The minimum Gasteiger partial charge on any atom is -0.480 e. The Morgan fingerprint density at radius 3 is 2.80 bits per heavy atom. The molecule has 15 heavy (non-hydrogen) atoms. The van der Waals surface area contributed by atoms with Crippen molar-refractivity contribution in [2.24, 2.45) is 0 Å². The molecule has 0 saturated heterocycles. The first-order valence-electron chi connectivity index (χ1n) is 4.65. The van der Waals surface area contributed by atoms with Crippen LogP contribution in [0.4, 0.5) is 8.78 Å². The molecule has 0 amide bonds. The summed E-state index contributed by atoms with van der Waals surface area (Å²) in [5, 5.41) is 12.2. The van der Waals surface area contributed by atoms with Gasteiger partial charge >= 0.3 is 5.97 Å². The van der Waals surface area contributed by atoms with E-state index in [-0.39, 0.29) is 18.2 Å². The lowest BCUT2D eigenvalue weighted by atomic mass is 10.2. The van der Waals surface area contributed by atoms with Gasteiger partial charge in [-0.3, -0.25) is 9.48 Å². The molecule has 0 aromatic carbocycles. The van der Waals surface area contributed by atoms with Crippen molar-refractivity contribution in [2.45, 2.75) is 31.7 Å². The smallest absolute Gasteiger partial charge is 0.325 e. The zero-order valence-electron chi connectivity index (χ0n) is 7.86. The molecule has 1 aromatic rings. The number of hydrogen-bond acceptors (Lipinski definition) is 2. The number of hydrogen-bond donors (Lipinski definition) is 1. The van der Waals surface area contributed by atoms with Crippen LogP contribution in [0.1, 0.15) is 36.6 Å². The lowest BCUT2D eigenvalue weighted by molar-refractivity contribution is -0.137. The van der Waals surface area contributed by atoms with Gasteiger partial charge < -0.3 is 5.11 Å². The number of aromatic nitrogens is 2. The van der Waals surface area contributed by atoms with E-state index in [1.165, 1.54) is 10.7 Å². The van der Waals surface area contributed by atoms with E-state index in [9.17, 15) is 13.6 Å². The first-order chi connectivity index (χ1) is 7.08. The number of aliphatic carboxylic acids is 1. The highest BCUT2D eigenvalue weighted by Gasteiger charge is 2.29. The normalized spacial score (nSPS) is 15.9. The molecule has 1 saturated carbocycles. The zero-order valence-corrected chi connectivity index (χ0v) is 7.86. The fourth-order valence-corrected chi connectivity index (χ4v) is 1.52. The minimum atomic E-state index is -2.64. The van der Waals surface area contributed by atoms with E-state index < -0.39 is 12.4 Å². The second-order valence-corrected chi connectivity index (χ2v) is 3.62. The maximum atomic E-state index is 12.4. The largest absolute Gasteiger partial charge is 0.480 e. The summed E-state index contributed by atoms with van der Waals surface area (Å²) in [6.07, 6.45) is -0.792. The van der Waals surface area contributed by atoms with Crippen molar-refractivity contribution in [1.82, 2.24) is 9.78 Å². The molecule has 6 heteroatoms. The number of carbonyl (C=O) groups is 1. The first-order valence-corrected chi connectivity index (χ1v) is 4.65. The van der Waals surface area contributed by atoms with Crippen molar-refractivity contribution in [2.75, 3.05) is 0 Å². The van der Waals surface area contributed by atoms with Crippen LogP contribution >= 0.6 is 0 Å². The van der Waals surface area contributed by atoms with Crippen molar-refractivity contribution >= 4 is 5.97 Å². The van der Waals surface area contributed by atoms with Crippen molar-refractivity contribution < 1.29 is 18.7 Å². The maximum absolute atomic E-state index is 12.4. The van der Waals surface area contributed by atoms with Crippen molar-refractivity contribution in [3.8, 4) is 0 Å². The van der Waals surface area contributed by atoms with Gasteiger partial charge in [0.25, 0.3) is 6.43 Å². The van der Waals surface area contributed by atoms with Gasteiger partial charge in [-0.25, -0.2) is 8.78 Å². The predicted molar refractivity (Wildman–Crippen MR) is 46.8 cm³/mol. The summed E-state index contributed by atoms with van der Waals surface area (Å²) in [6.45, 7) is -0.349. The second kappa shape index (κ2) is 3.60. The maximum Gasteiger partial charge on any atom is 0.325 e. The van der Waals surface area contributed by atoms with Gasteiger partial charge in [0.1, 0.15) is 12.2 Å². The number of nitrogens with zero attached hydrogens (tertiary/aromatic N) is 2. The van der Waals surface area contributed by atoms with Gasteiger partial charge in [-0.1, -0.05) is 0 Å². The number of alkyl halides is 2. The van der Waals surface area contributed by atoms with E-state index in [0.717, 1.165) is 12.8 Å². The van der Waals surface area contributed by atoms with E-state index in [0.29, 0.717) is 5.69 Å². The SMILES string of the molecule is O=C(O)Cn1nc(C(F)F)cc1C1CC1. The van der Waals surface area contributed by atoms with E-state index in [1.807, 2.05) is 0 Å². The highest BCUT2D eigenvalue weighted by Crippen LogP contribution is 2.41. The van der Waals surface area contributed by atoms with Gasteiger partial charge in [-0.05, 0) is 18.9 Å². The van der Waals surface area contributed by atoms with Gasteiger partial charge in [0.05, 0.1) is 0 Å². The third-order valence-electron chi connectivity index (χ3n) is 2.33. The zero-order chi connectivity index (χ0) is 11.0. The molecule has 1 heterocycles. The van der Waals surface area contributed by atoms with E-state index in [1.54, 1.807) is 0 Å². The molecule has 1 fully saturated rings. The van der Waals surface area contributed by atoms with Gasteiger partial charge in [0.2, 0.25) is 0 Å². The second-order valence-electron chi connectivity index (χ2n) is 3.62. The Morgan fingerprint density at radius 2 is 2.33 bits per heavy atom. The lowest BCUT2D eigenvalue weighted by Crippen LogP contribution is -2.12. The summed E-state index contributed by atoms with van der Waals surface area (Å²) < 4.78 is 25.9. The highest BCUT2D eigenvalue weighted by molar-refractivity contribution is 5.66. The molecule has 0 radical (unpaired) electrons. The molecule has 1 N–H and O–H groups in total. The predicted octanol–water partition coefficient (Wildman–Crippen LogP) is 1.78. The molecular formula is C9H10F2N2O2. The van der Waals surface area contributed by atoms with Crippen molar-refractivity contribution in [3.05, 3.63) is 17.5 Å². The Hall–Kier alpha value is -1.46. The first kappa shape index (κ1) is 10.1. The summed E-state index contributed by atoms with van der Waals surface area (Å²) in [5.74, 6) is -0.856. The van der Waals surface area contributed by atoms with E-state index in [4.69, 9.17) is 5.11 Å². The minimum absolute atomic E-state index is 0.212. The summed E-state index contributed by atoms with van der Waals surface area (Å²) >= 11 is 0. The summed E-state index contributed by atoms with van der Waals surface area (Å²) in [7, 11) is 0. The quantitative estimate of drug-likeness (QED) is 0.834. The van der Waals surface area contributed by atoms with Crippen LogP contribution in [0.2, 0.25) is 0 Å². The number of carboxylic acids is 1. The molecule has 82 valence electrons. The summed E-state index contributed by atoms with van der Waals surface area (Å²) in [5.41, 5.74) is 0.283. The topological polar surface area (TPSA) is 55.1 Å². The standard InChI is InChI=1S/C9H10F2N2O2/c10-9(11)6-3-7(5-1-2-5)13(12-6)4-8(14)15/h3,5,9H,1-2,4H2,(H,14,15). The van der Waals surface area contributed by atoms with E-state index in [2.05, 4.69) is 5.10 Å². The molecular weight excluding hydrogens is 206 g/mol. The molecule has 0 atom stereocenters. The molecule has 0 spiro atoms. The average Bonchev–Trinajstić information content (AvgIpc) is 2.88. The molecule has 1 aliphatic rings.